The van der Waals surface area contributed by atoms with Crippen molar-refractivity contribution in [3.8, 4) is 0 Å². The maximum Gasteiger partial charge on any atom is 0.117 e. The van der Waals surface area contributed by atoms with Crippen molar-refractivity contribution in [3.05, 3.63) is 24.2 Å². The molecule has 0 fully saturated rings. The van der Waals surface area contributed by atoms with Gasteiger partial charge in [0.2, 0.25) is 0 Å². The largest absolute Gasteiger partial charge is 0.468 e. The fourth-order valence-electron chi connectivity index (χ4n) is 0.938. The van der Waals surface area contributed by atoms with Gasteiger partial charge in [-0.1, -0.05) is 6.92 Å². The smallest absolute Gasteiger partial charge is 0.117 e. The van der Waals surface area contributed by atoms with Gasteiger partial charge in [-0.3, -0.25) is 0 Å². The van der Waals surface area contributed by atoms with E-state index in [9.17, 15) is 0 Å². The van der Waals surface area contributed by atoms with E-state index in [1.165, 1.54) is 0 Å². The quantitative estimate of drug-likeness (QED) is 0.688. The van der Waals surface area contributed by atoms with E-state index in [0.717, 1.165) is 25.4 Å². The monoisotopic (exact) mass is 168 g/mol. The lowest BCUT2D eigenvalue weighted by atomic mass is 10.2. The molecule has 0 bridgehead atoms. The van der Waals surface area contributed by atoms with Crippen molar-refractivity contribution in [1.82, 2.24) is 5.32 Å². The Morgan fingerprint density at radius 1 is 1.67 bits per heavy atom. The molecule has 0 aromatic carbocycles. The molecule has 3 heteroatoms. The van der Waals surface area contributed by atoms with Crippen LogP contribution in [0.2, 0.25) is 0 Å². The van der Waals surface area contributed by atoms with E-state index in [4.69, 9.17) is 10.2 Å². The van der Waals surface area contributed by atoms with Crippen LogP contribution in [0.5, 0.6) is 0 Å². The molecule has 0 aliphatic carbocycles. The van der Waals surface area contributed by atoms with Crippen LogP contribution in [0, 0.1) is 5.92 Å². The molecular weight excluding hydrogens is 152 g/mol. The normalized spacial score (nSPS) is 13.2. The first kappa shape index (κ1) is 9.29. The minimum absolute atomic E-state index is 0.528. The first-order valence-electron chi connectivity index (χ1n) is 4.26. The summed E-state index contributed by atoms with van der Waals surface area (Å²) in [6.07, 6.45) is 1.68. The molecule has 0 saturated heterocycles. The van der Waals surface area contributed by atoms with Crippen molar-refractivity contribution >= 4 is 0 Å². The van der Waals surface area contributed by atoms with Gasteiger partial charge in [0.25, 0.3) is 0 Å². The number of hydrogen-bond acceptors (Lipinski definition) is 3. The fourth-order valence-corrected chi connectivity index (χ4v) is 0.938. The van der Waals surface area contributed by atoms with Gasteiger partial charge in [0, 0.05) is 0 Å². The molecule has 0 saturated carbocycles. The molecule has 12 heavy (non-hydrogen) atoms. The Morgan fingerprint density at radius 3 is 3.08 bits per heavy atom. The average Bonchev–Trinajstić information content (AvgIpc) is 2.57. The zero-order valence-electron chi connectivity index (χ0n) is 7.42. The first-order valence-corrected chi connectivity index (χ1v) is 4.26. The van der Waals surface area contributed by atoms with Gasteiger partial charge in [0.15, 0.2) is 0 Å². The highest BCUT2D eigenvalue weighted by Gasteiger charge is 1.98. The molecule has 1 aromatic rings. The molecule has 1 aromatic heterocycles. The summed E-state index contributed by atoms with van der Waals surface area (Å²) in [5, 5.41) is 3.26. The van der Waals surface area contributed by atoms with Crippen molar-refractivity contribution in [3.63, 3.8) is 0 Å². The fraction of sp³-hybridized carbons (Fsp3) is 0.556. The summed E-state index contributed by atoms with van der Waals surface area (Å²) in [7, 11) is 0. The summed E-state index contributed by atoms with van der Waals surface area (Å²) in [4.78, 5) is 0. The minimum atomic E-state index is 0.528. The molecule has 68 valence electrons. The first-order chi connectivity index (χ1) is 5.83. The van der Waals surface area contributed by atoms with Gasteiger partial charge < -0.3 is 15.5 Å². The molecule has 3 nitrogen and oxygen atoms in total. The summed E-state index contributed by atoms with van der Waals surface area (Å²) in [6, 6.07) is 3.85. The Morgan fingerprint density at radius 2 is 2.50 bits per heavy atom. The highest BCUT2D eigenvalue weighted by Crippen LogP contribution is 1.98. The Bertz CT molecular complexity index is 196. The van der Waals surface area contributed by atoms with Crippen molar-refractivity contribution in [2.45, 2.75) is 13.5 Å². The average molecular weight is 168 g/mol. The van der Waals surface area contributed by atoms with Gasteiger partial charge in [-0.05, 0) is 31.1 Å². The molecule has 0 spiro atoms. The predicted molar refractivity (Wildman–Crippen MR) is 48.6 cm³/mol. The highest BCUT2D eigenvalue weighted by molar-refractivity contribution is 4.97. The van der Waals surface area contributed by atoms with Crippen LogP contribution in [0.25, 0.3) is 0 Å². The second kappa shape index (κ2) is 4.95. The maximum atomic E-state index is 5.47. The van der Waals surface area contributed by atoms with Gasteiger partial charge in [-0.2, -0.15) is 0 Å². The van der Waals surface area contributed by atoms with Crippen LogP contribution in [-0.2, 0) is 6.54 Å². The van der Waals surface area contributed by atoms with Crippen LogP contribution in [-0.4, -0.2) is 13.1 Å². The second-order valence-corrected chi connectivity index (χ2v) is 3.05. The predicted octanol–water partition coefficient (Wildman–Crippen LogP) is 0.964. The number of hydrogen-bond donors (Lipinski definition) is 2. The molecule has 1 heterocycles. The van der Waals surface area contributed by atoms with Crippen molar-refractivity contribution < 1.29 is 4.42 Å². The van der Waals surface area contributed by atoms with Crippen LogP contribution in [0.4, 0.5) is 0 Å². The SMILES string of the molecule is CC(CN)CNCc1ccco1. The third-order valence-corrected chi connectivity index (χ3v) is 1.77. The van der Waals surface area contributed by atoms with Gasteiger partial charge in [-0.15, -0.1) is 0 Å². The van der Waals surface area contributed by atoms with Crippen LogP contribution in [0.3, 0.4) is 0 Å². The van der Waals surface area contributed by atoms with E-state index in [-0.39, 0.29) is 0 Å². The van der Waals surface area contributed by atoms with E-state index < -0.39 is 0 Å². The van der Waals surface area contributed by atoms with E-state index in [2.05, 4.69) is 12.2 Å². The van der Waals surface area contributed by atoms with Crippen LogP contribution < -0.4 is 11.1 Å². The lowest BCUT2D eigenvalue weighted by molar-refractivity contribution is 0.457. The number of nitrogens with two attached hydrogens (primary N) is 1. The summed E-state index contributed by atoms with van der Waals surface area (Å²) in [6.45, 7) is 4.58. The van der Waals surface area contributed by atoms with Gasteiger partial charge >= 0.3 is 0 Å². The Labute approximate surface area is 72.9 Å². The zero-order valence-corrected chi connectivity index (χ0v) is 7.42. The molecule has 1 rings (SSSR count). The summed E-state index contributed by atoms with van der Waals surface area (Å²) < 4.78 is 5.16. The molecule has 1 atom stereocenters. The van der Waals surface area contributed by atoms with Crippen LogP contribution in [0.1, 0.15) is 12.7 Å². The summed E-state index contributed by atoms with van der Waals surface area (Å²) in [5.41, 5.74) is 5.47. The van der Waals surface area contributed by atoms with Gasteiger partial charge in [0.05, 0.1) is 12.8 Å². The maximum absolute atomic E-state index is 5.47. The van der Waals surface area contributed by atoms with Crippen LogP contribution in [0.15, 0.2) is 22.8 Å². The lowest BCUT2D eigenvalue weighted by Crippen LogP contribution is -2.25. The molecule has 0 aliphatic heterocycles. The van der Waals surface area contributed by atoms with Crippen molar-refractivity contribution in [1.29, 1.82) is 0 Å². The molecule has 0 amide bonds. The second-order valence-electron chi connectivity index (χ2n) is 3.05. The molecule has 1 unspecified atom stereocenters. The summed E-state index contributed by atoms with van der Waals surface area (Å²) in [5.74, 6) is 1.50. The van der Waals surface area contributed by atoms with Crippen LogP contribution >= 0.6 is 0 Å². The third-order valence-electron chi connectivity index (χ3n) is 1.77. The van der Waals surface area contributed by atoms with Crippen molar-refractivity contribution in [2.75, 3.05) is 13.1 Å². The Balaban J connectivity index is 2.11. The summed E-state index contributed by atoms with van der Waals surface area (Å²) >= 11 is 0. The molecule has 3 N–H and O–H groups in total. The van der Waals surface area contributed by atoms with E-state index in [0.29, 0.717) is 5.92 Å². The third kappa shape index (κ3) is 3.07. The van der Waals surface area contributed by atoms with E-state index >= 15 is 0 Å². The standard InChI is InChI=1S/C9H16N2O/c1-8(5-10)6-11-7-9-3-2-4-12-9/h2-4,8,11H,5-7,10H2,1H3. The minimum Gasteiger partial charge on any atom is -0.468 e. The Kier molecular flexibility index (Phi) is 3.84. The highest BCUT2D eigenvalue weighted by atomic mass is 16.3. The number of rotatable bonds is 5. The van der Waals surface area contributed by atoms with E-state index in [1.54, 1.807) is 6.26 Å². The van der Waals surface area contributed by atoms with Gasteiger partial charge in [0.1, 0.15) is 5.76 Å². The molecule has 0 aliphatic rings. The zero-order chi connectivity index (χ0) is 8.81. The number of nitrogens with one attached hydrogen (secondary N) is 1. The Hall–Kier alpha value is -0.800. The lowest BCUT2D eigenvalue weighted by Gasteiger charge is -2.08. The molecular formula is C9H16N2O. The van der Waals surface area contributed by atoms with E-state index in [1.807, 2.05) is 12.1 Å². The van der Waals surface area contributed by atoms with Crippen molar-refractivity contribution in [2.24, 2.45) is 11.7 Å². The van der Waals surface area contributed by atoms with Gasteiger partial charge in [-0.25, -0.2) is 0 Å². The number of furan rings is 1. The molecule has 0 radical (unpaired) electrons. The topological polar surface area (TPSA) is 51.2 Å².